The Bertz CT molecular complexity index is 1070. The molecule has 5 nitrogen and oxygen atoms in total. The Labute approximate surface area is 169 Å². The van der Waals surface area contributed by atoms with Crippen LogP contribution in [-0.4, -0.2) is 25.9 Å². The van der Waals surface area contributed by atoms with E-state index in [2.05, 4.69) is 10.3 Å². The number of aromatic nitrogens is 1. The highest BCUT2D eigenvalue weighted by molar-refractivity contribution is 7.91. The van der Waals surface area contributed by atoms with E-state index in [4.69, 9.17) is 11.6 Å². The molecule has 0 unspecified atom stereocenters. The summed E-state index contributed by atoms with van der Waals surface area (Å²) in [6.07, 6.45) is 3.07. The Morgan fingerprint density at radius 1 is 1.11 bits per heavy atom. The minimum atomic E-state index is -3.74. The molecule has 0 radical (unpaired) electrons. The molecule has 0 saturated heterocycles. The van der Waals surface area contributed by atoms with Crippen molar-refractivity contribution >= 4 is 27.3 Å². The van der Waals surface area contributed by atoms with Gasteiger partial charge in [-0.1, -0.05) is 41.4 Å². The number of hydrogen-bond donors (Lipinski definition) is 1. The van der Waals surface area contributed by atoms with E-state index in [1.54, 1.807) is 60.8 Å². The number of rotatable bonds is 6. The van der Waals surface area contributed by atoms with Crippen LogP contribution in [0.3, 0.4) is 0 Å². The minimum absolute atomic E-state index is 0.0900. The number of hydrogen-bond acceptors (Lipinski definition) is 4. The normalized spacial score (nSPS) is 12.4. The highest BCUT2D eigenvalue weighted by atomic mass is 35.5. The standard InChI is InChI=1S/C21H19ClN2O3S/c1-15-7-9-19(10-8-15)28(26,27)20(17-5-3-11-23-13-17)14-24-21(25)16-4-2-6-18(22)12-16/h2-13,20H,14H2,1H3,(H,24,25)/t20-/m1/s1. The maximum Gasteiger partial charge on any atom is 0.251 e. The van der Waals surface area contributed by atoms with Crippen LogP contribution in [0.4, 0.5) is 0 Å². The van der Waals surface area contributed by atoms with Gasteiger partial charge in [0, 0.05) is 29.5 Å². The minimum Gasteiger partial charge on any atom is -0.350 e. The number of pyridine rings is 1. The predicted octanol–water partition coefficient (Wildman–Crippen LogP) is 3.99. The van der Waals surface area contributed by atoms with E-state index in [1.165, 1.54) is 12.3 Å². The van der Waals surface area contributed by atoms with Crippen molar-refractivity contribution in [2.75, 3.05) is 6.54 Å². The summed E-state index contributed by atoms with van der Waals surface area (Å²) in [5, 5.41) is 2.18. The molecule has 1 N–H and O–H groups in total. The van der Waals surface area contributed by atoms with E-state index in [0.717, 1.165) is 5.56 Å². The molecule has 3 aromatic rings. The molecule has 1 amide bonds. The summed E-state index contributed by atoms with van der Waals surface area (Å²) in [6, 6.07) is 16.5. The van der Waals surface area contributed by atoms with Crippen molar-refractivity contribution in [3.8, 4) is 0 Å². The molecular weight excluding hydrogens is 396 g/mol. The first kappa shape index (κ1) is 20.0. The topological polar surface area (TPSA) is 76.1 Å². The number of benzene rings is 2. The average Bonchev–Trinajstić information content (AvgIpc) is 2.69. The van der Waals surface area contributed by atoms with Crippen LogP contribution in [0.15, 0.2) is 78.0 Å². The van der Waals surface area contributed by atoms with Crippen molar-refractivity contribution in [3.05, 3.63) is 94.8 Å². The molecule has 0 spiro atoms. The van der Waals surface area contributed by atoms with Crippen molar-refractivity contribution in [2.45, 2.75) is 17.1 Å². The fourth-order valence-corrected chi connectivity index (χ4v) is 4.62. The lowest BCUT2D eigenvalue weighted by molar-refractivity contribution is 0.0953. The van der Waals surface area contributed by atoms with Crippen molar-refractivity contribution in [1.82, 2.24) is 10.3 Å². The Morgan fingerprint density at radius 3 is 2.50 bits per heavy atom. The fourth-order valence-electron chi connectivity index (χ4n) is 2.78. The molecule has 0 saturated carbocycles. The molecule has 0 aliphatic heterocycles. The first-order valence-electron chi connectivity index (χ1n) is 8.62. The number of carbonyl (C=O) groups excluding carboxylic acids is 1. The van der Waals surface area contributed by atoms with Gasteiger partial charge >= 0.3 is 0 Å². The lowest BCUT2D eigenvalue weighted by Crippen LogP contribution is -2.32. The molecule has 144 valence electrons. The quantitative estimate of drug-likeness (QED) is 0.661. The first-order valence-corrected chi connectivity index (χ1v) is 10.5. The van der Waals surface area contributed by atoms with Gasteiger partial charge in [-0.2, -0.15) is 0 Å². The summed E-state index contributed by atoms with van der Waals surface area (Å²) in [7, 11) is -3.74. The molecule has 28 heavy (non-hydrogen) atoms. The van der Waals surface area contributed by atoms with Gasteiger partial charge in [-0.25, -0.2) is 8.42 Å². The molecule has 1 aromatic heterocycles. The lowest BCUT2D eigenvalue weighted by Gasteiger charge is -2.19. The number of aryl methyl sites for hydroxylation is 1. The Balaban J connectivity index is 1.90. The summed E-state index contributed by atoms with van der Waals surface area (Å²) in [5.74, 6) is -0.393. The number of carbonyl (C=O) groups is 1. The van der Waals surface area contributed by atoms with E-state index >= 15 is 0 Å². The van der Waals surface area contributed by atoms with E-state index in [-0.39, 0.29) is 11.4 Å². The summed E-state index contributed by atoms with van der Waals surface area (Å²) >= 11 is 5.93. The number of halogens is 1. The maximum absolute atomic E-state index is 13.2. The third-order valence-corrected chi connectivity index (χ3v) is 6.67. The van der Waals surface area contributed by atoms with E-state index < -0.39 is 21.0 Å². The summed E-state index contributed by atoms with van der Waals surface area (Å²) in [4.78, 5) is 16.7. The van der Waals surface area contributed by atoms with Crippen molar-refractivity contribution in [3.63, 3.8) is 0 Å². The molecule has 0 bridgehead atoms. The van der Waals surface area contributed by atoms with Crippen LogP contribution >= 0.6 is 11.6 Å². The van der Waals surface area contributed by atoms with E-state index in [0.29, 0.717) is 16.1 Å². The molecule has 0 aliphatic rings. The Kier molecular flexibility index (Phi) is 6.11. The third-order valence-electron chi connectivity index (χ3n) is 4.32. The van der Waals surface area contributed by atoms with Gasteiger partial charge in [0.25, 0.3) is 5.91 Å². The van der Waals surface area contributed by atoms with Gasteiger partial charge in [0.05, 0.1) is 4.90 Å². The monoisotopic (exact) mass is 414 g/mol. The predicted molar refractivity (Wildman–Crippen MR) is 109 cm³/mol. The molecule has 0 fully saturated rings. The zero-order chi connectivity index (χ0) is 20.1. The molecule has 0 aliphatic carbocycles. The van der Waals surface area contributed by atoms with Gasteiger partial charge in [-0.3, -0.25) is 9.78 Å². The largest absolute Gasteiger partial charge is 0.350 e. The maximum atomic E-state index is 13.2. The number of sulfone groups is 1. The molecule has 1 heterocycles. The van der Waals surface area contributed by atoms with Crippen LogP contribution < -0.4 is 5.32 Å². The average molecular weight is 415 g/mol. The summed E-state index contributed by atoms with van der Waals surface area (Å²) in [6.45, 7) is 1.80. The van der Waals surface area contributed by atoms with Gasteiger partial charge < -0.3 is 5.32 Å². The fraction of sp³-hybridized carbons (Fsp3) is 0.143. The van der Waals surface area contributed by atoms with Gasteiger partial charge in [0.15, 0.2) is 9.84 Å². The van der Waals surface area contributed by atoms with Crippen LogP contribution in [0.25, 0.3) is 0 Å². The smallest absolute Gasteiger partial charge is 0.251 e. The summed E-state index contributed by atoms with van der Waals surface area (Å²) in [5.41, 5.74) is 1.84. The van der Waals surface area contributed by atoms with Crippen molar-refractivity contribution in [2.24, 2.45) is 0 Å². The Morgan fingerprint density at radius 2 is 1.86 bits per heavy atom. The van der Waals surface area contributed by atoms with Crippen LogP contribution in [0.5, 0.6) is 0 Å². The lowest BCUT2D eigenvalue weighted by atomic mass is 10.2. The molecule has 1 atom stereocenters. The second-order valence-corrected chi connectivity index (χ2v) is 8.92. The second-order valence-electron chi connectivity index (χ2n) is 6.35. The van der Waals surface area contributed by atoms with Gasteiger partial charge in [-0.15, -0.1) is 0 Å². The number of nitrogens with zero attached hydrogens (tertiary/aromatic N) is 1. The molecule has 7 heteroatoms. The second kappa shape index (κ2) is 8.54. The van der Waals surface area contributed by atoms with Crippen molar-refractivity contribution < 1.29 is 13.2 Å². The van der Waals surface area contributed by atoms with E-state index in [9.17, 15) is 13.2 Å². The highest BCUT2D eigenvalue weighted by Crippen LogP contribution is 2.28. The number of nitrogens with one attached hydrogen (secondary N) is 1. The van der Waals surface area contributed by atoms with Crippen LogP contribution in [0, 0.1) is 6.92 Å². The van der Waals surface area contributed by atoms with Crippen LogP contribution in [0.1, 0.15) is 26.7 Å². The zero-order valence-corrected chi connectivity index (χ0v) is 16.7. The SMILES string of the molecule is Cc1ccc(S(=O)(=O)[C@H](CNC(=O)c2cccc(Cl)c2)c2cccnc2)cc1. The summed E-state index contributed by atoms with van der Waals surface area (Å²) < 4.78 is 26.5. The Hall–Kier alpha value is -2.70. The third kappa shape index (κ3) is 4.58. The first-order chi connectivity index (χ1) is 13.4. The van der Waals surface area contributed by atoms with Gasteiger partial charge in [0.2, 0.25) is 0 Å². The van der Waals surface area contributed by atoms with Gasteiger partial charge in [0.1, 0.15) is 5.25 Å². The number of amides is 1. The molecule has 2 aromatic carbocycles. The molecular formula is C21H19ClN2O3S. The van der Waals surface area contributed by atoms with Crippen LogP contribution in [0.2, 0.25) is 5.02 Å². The highest BCUT2D eigenvalue weighted by Gasteiger charge is 2.30. The molecule has 3 rings (SSSR count). The zero-order valence-electron chi connectivity index (χ0n) is 15.2. The van der Waals surface area contributed by atoms with Gasteiger partial charge in [-0.05, 0) is 48.9 Å². The van der Waals surface area contributed by atoms with Crippen LogP contribution in [-0.2, 0) is 9.84 Å². The van der Waals surface area contributed by atoms with E-state index in [1.807, 2.05) is 6.92 Å². The van der Waals surface area contributed by atoms with Crippen molar-refractivity contribution in [1.29, 1.82) is 0 Å².